The first-order valence-corrected chi connectivity index (χ1v) is 7.69. The van der Waals surface area contributed by atoms with Crippen LogP contribution in [0.25, 0.3) is 0 Å². The normalized spacial score (nSPS) is 16.6. The van der Waals surface area contributed by atoms with Crippen LogP contribution in [0, 0.1) is 11.8 Å². The van der Waals surface area contributed by atoms with Crippen LogP contribution in [0.4, 0.5) is 0 Å². The van der Waals surface area contributed by atoms with Gasteiger partial charge in [0.15, 0.2) is 0 Å². The van der Waals surface area contributed by atoms with Crippen molar-refractivity contribution in [3.63, 3.8) is 0 Å². The van der Waals surface area contributed by atoms with Gasteiger partial charge in [-0.25, -0.2) is 0 Å². The minimum absolute atomic E-state index is 0.0268. The molecule has 0 bridgehead atoms. The number of rotatable bonds is 6. The Hall–Kier alpha value is -1.10. The maximum absolute atomic E-state index is 12.4. The summed E-state index contributed by atoms with van der Waals surface area (Å²) in [6, 6.07) is 0. The van der Waals surface area contributed by atoms with Gasteiger partial charge in [-0.05, 0) is 26.2 Å². The van der Waals surface area contributed by atoms with Crippen LogP contribution in [0.2, 0.25) is 0 Å². The highest BCUT2D eigenvalue weighted by Crippen LogP contribution is 2.21. The Labute approximate surface area is 121 Å². The molecule has 0 saturated carbocycles. The van der Waals surface area contributed by atoms with Crippen molar-refractivity contribution < 1.29 is 14.7 Å². The summed E-state index contributed by atoms with van der Waals surface area (Å²) in [4.78, 5) is 28.0. The van der Waals surface area contributed by atoms with E-state index < -0.39 is 0 Å². The summed E-state index contributed by atoms with van der Waals surface area (Å²) >= 11 is 0. The molecule has 0 atom stereocenters. The third kappa shape index (κ3) is 4.47. The van der Waals surface area contributed by atoms with E-state index in [2.05, 4.69) is 0 Å². The van der Waals surface area contributed by atoms with E-state index in [0.717, 1.165) is 12.8 Å². The zero-order valence-electron chi connectivity index (χ0n) is 13.0. The number of carbonyl (C=O) groups is 2. The lowest BCUT2D eigenvalue weighted by Crippen LogP contribution is -2.45. The summed E-state index contributed by atoms with van der Waals surface area (Å²) in [6.45, 7) is 8.58. The maximum Gasteiger partial charge on any atom is 0.225 e. The SMILES string of the molecule is CCN(CCCO)C(=O)C1CCN(C(=O)C(C)C)CC1. The number of nitrogens with zero attached hydrogens (tertiary/aromatic N) is 2. The Bertz CT molecular complexity index is 323. The van der Waals surface area contributed by atoms with Crippen molar-refractivity contribution in [2.24, 2.45) is 11.8 Å². The van der Waals surface area contributed by atoms with Crippen LogP contribution in [0.15, 0.2) is 0 Å². The Balaban J connectivity index is 2.47. The van der Waals surface area contributed by atoms with Gasteiger partial charge in [0.2, 0.25) is 11.8 Å². The molecule has 0 aromatic heterocycles. The van der Waals surface area contributed by atoms with E-state index in [-0.39, 0.29) is 30.3 Å². The molecular formula is C15H28N2O3. The molecule has 116 valence electrons. The molecule has 0 unspecified atom stereocenters. The number of aliphatic hydroxyl groups excluding tert-OH is 1. The van der Waals surface area contributed by atoms with Crippen molar-refractivity contribution in [1.82, 2.24) is 9.80 Å². The van der Waals surface area contributed by atoms with E-state index >= 15 is 0 Å². The van der Waals surface area contributed by atoms with Gasteiger partial charge in [0.05, 0.1) is 0 Å². The molecule has 1 heterocycles. The molecule has 1 fully saturated rings. The fourth-order valence-corrected chi connectivity index (χ4v) is 2.66. The van der Waals surface area contributed by atoms with Crippen molar-refractivity contribution in [1.29, 1.82) is 0 Å². The molecule has 2 amide bonds. The second kappa shape index (κ2) is 8.25. The topological polar surface area (TPSA) is 60.9 Å². The van der Waals surface area contributed by atoms with Crippen LogP contribution < -0.4 is 0 Å². The van der Waals surface area contributed by atoms with Gasteiger partial charge in [-0.3, -0.25) is 9.59 Å². The predicted molar refractivity (Wildman–Crippen MR) is 78.1 cm³/mol. The second-order valence-electron chi connectivity index (χ2n) is 5.75. The zero-order valence-corrected chi connectivity index (χ0v) is 13.0. The highest BCUT2D eigenvalue weighted by molar-refractivity contribution is 5.80. The lowest BCUT2D eigenvalue weighted by atomic mass is 9.94. The van der Waals surface area contributed by atoms with Crippen LogP contribution in [0.3, 0.4) is 0 Å². The summed E-state index contributed by atoms with van der Waals surface area (Å²) in [5, 5.41) is 8.87. The first-order valence-electron chi connectivity index (χ1n) is 7.69. The van der Waals surface area contributed by atoms with Gasteiger partial charge < -0.3 is 14.9 Å². The fraction of sp³-hybridized carbons (Fsp3) is 0.867. The molecule has 0 radical (unpaired) electrons. The van der Waals surface area contributed by atoms with E-state index in [1.54, 1.807) is 0 Å². The highest BCUT2D eigenvalue weighted by atomic mass is 16.3. The minimum atomic E-state index is 0.0268. The number of likely N-dealkylation sites (tertiary alicyclic amines) is 1. The second-order valence-corrected chi connectivity index (χ2v) is 5.75. The molecule has 0 aromatic rings. The number of amides is 2. The van der Waals surface area contributed by atoms with Crippen LogP contribution in [0.1, 0.15) is 40.0 Å². The van der Waals surface area contributed by atoms with Crippen LogP contribution >= 0.6 is 0 Å². The van der Waals surface area contributed by atoms with E-state index in [9.17, 15) is 9.59 Å². The molecule has 0 spiro atoms. The van der Waals surface area contributed by atoms with Gasteiger partial charge in [-0.1, -0.05) is 13.8 Å². The quantitative estimate of drug-likeness (QED) is 0.795. The predicted octanol–water partition coefficient (Wildman–Crippen LogP) is 1.11. The van der Waals surface area contributed by atoms with Crippen molar-refractivity contribution in [2.45, 2.75) is 40.0 Å². The summed E-state index contributed by atoms with van der Waals surface area (Å²) in [5.74, 6) is 0.421. The van der Waals surface area contributed by atoms with Crippen LogP contribution in [-0.2, 0) is 9.59 Å². The van der Waals surface area contributed by atoms with E-state index in [0.29, 0.717) is 32.6 Å². The first-order chi connectivity index (χ1) is 9.51. The zero-order chi connectivity index (χ0) is 15.1. The number of aliphatic hydroxyl groups is 1. The smallest absolute Gasteiger partial charge is 0.225 e. The van der Waals surface area contributed by atoms with Crippen LogP contribution in [-0.4, -0.2) is 59.5 Å². The van der Waals surface area contributed by atoms with E-state index in [1.807, 2.05) is 30.6 Å². The molecule has 1 rings (SSSR count). The van der Waals surface area contributed by atoms with Gasteiger partial charge in [0, 0.05) is 44.6 Å². The van der Waals surface area contributed by atoms with Gasteiger partial charge in [-0.15, -0.1) is 0 Å². The molecule has 0 aliphatic carbocycles. The molecule has 1 aliphatic heterocycles. The molecule has 1 N–H and O–H groups in total. The Kier molecular flexibility index (Phi) is 6.99. The summed E-state index contributed by atoms with van der Waals surface area (Å²) in [6.07, 6.45) is 2.14. The highest BCUT2D eigenvalue weighted by Gasteiger charge is 2.30. The molecule has 1 aliphatic rings. The number of hydrogen-bond donors (Lipinski definition) is 1. The van der Waals surface area contributed by atoms with Crippen LogP contribution in [0.5, 0.6) is 0 Å². The summed E-state index contributed by atoms with van der Waals surface area (Å²) < 4.78 is 0. The van der Waals surface area contributed by atoms with Gasteiger partial charge >= 0.3 is 0 Å². The molecule has 1 saturated heterocycles. The Morgan fingerprint density at radius 3 is 2.35 bits per heavy atom. The molecule has 5 heteroatoms. The van der Waals surface area contributed by atoms with Gasteiger partial charge in [0.1, 0.15) is 0 Å². The Morgan fingerprint density at radius 1 is 1.30 bits per heavy atom. The van der Waals surface area contributed by atoms with Crippen molar-refractivity contribution in [3.8, 4) is 0 Å². The van der Waals surface area contributed by atoms with Gasteiger partial charge in [-0.2, -0.15) is 0 Å². The largest absolute Gasteiger partial charge is 0.396 e. The third-order valence-electron chi connectivity index (χ3n) is 3.93. The number of carbonyl (C=O) groups excluding carboxylic acids is 2. The summed E-state index contributed by atoms with van der Waals surface area (Å²) in [5.41, 5.74) is 0. The molecule has 0 aromatic carbocycles. The minimum Gasteiger partial charge on any atom is -0.396 e. The number of hydrogen-bond acceptors (Lipinski definition) is 3. The van der Waals surface area contributed by atoms with Crippen molar-refractivity contribution in [3.05, 3.63) is 0 Å². The first kappa shape index (κ1) is 17.0. The average Bonchev–Trinajstić information content (AvgIpc) is 2.47. The third-order valence-corrected chi connectivity index (χ3v) is 3.93. The van der Waals surface area contributed by atoms with Gasteiger partial charge in [0.25, 0.3) is 0 Å². The lowest BCUT2D eigenvalue weighted by molar-refractivity contribution is -0.142. The van der Waals surface area contributed by atoms with Crippen molar-refractivity contribution >= 4 is 11.8 Å². The standard InChI is InChI=1S/C15H28N2O3/c1-4-16(8-5-11-18)15(20)13-6-9-17(10-7-13)14(19)12(2)3/h12-13,18H,4-11H2,1-3H3. The Morgan fingerprint density at radius 2 is 1.90 bits per heavy atom. The van der Waals surface area contributed by atoms with E-state index in [4.69, 9.17) is 5.11 Å². The van der Waals surface area contributed by atoms with Crippen molar-refractivity contribution in [2.75, 3.05) is 32.8 Å². The molecule has 5 nitrogen and oxygen atoms in total. The summed E-state index contributed by atoms with van der Waals surface area (Å²) in [7, 11) is 0. The molecular weight excluding hydrogens is 256 g/mol. The fourth-order valence-electron chi connectivity index (χ4n) is 2.66. The lowest BCUT2D eigenvalue weighted by Gasteiger charge is -2.34. The maximum atomic E-state index is 12.4. The number of piperidine rings is 1. The van der Waals surface area contributed by atoms with E-state index in [1.165, 1.54) is 0 Å². The average molecular weight is 284 g/mol. The molecule has 20 heavy (non-hydrogen) atoms. The monoisotopic (exact) mass is 284 g/mol.